The highest BCUT2D eigenvalue weighted by Gasteiger charge is 2.29. The first-order chi connectivity index (χ1) is 10.8. The van der Waals surface area contributed by atoms with Crippen molar-refractivity contribution >= 4 is 16.8 Å². The molecule has 1 aliphatic rings. The molecule has 108 valence electrons. The average molecular weight is 291 g/mol. The minimum absolute atomic E-state index is 0.374. The van der Waals surface area contributed by atoms with E-state index in [1.54, 1.807) is 4.57 Å². The number of benzene rings is 2. The lowest BCUT2D eigenvalue weighted by molar-refractivity contribution is -0.124. The Morgan fingerprint density at radius 1 is 1.09 bits per heavy atom. The first kappa shape index (κ1) is 12.8. The molecule has 1 aromatic heterocycles. The van der Waals surface area contributed by atoms with Crippen molar-refractivity contribution in [1.82, 2.24) is 9.88 Å². The summed E-state index contributed by atoms with van der Waals surface area (Å²) in [7, 11) is 0. The topological polar surface area (TPSA) is 63.5 Å². The molecular weight excluding hydrogens is 278 g/mol. The van der Waals surface area contributed by atoms with Gasteiger partial charge in [0.05, 0.1) is 11.2 Å². The number of hydrogen-bond donors (Lipinski definition) is 1. The second-order valence-corrected chi connectivity index (χ2v) is 5.32. The molecule has 1 atom stereocenters. The third kappa shape index (κ3) is 1.75. The molecule has 22 heavy (non-hydrogen) atoms. The number of hydrogen-bond acceptors (Lipinski definition) is 3. The van der Waals surface area contributed by atoms with Crippen LogP contribution in [0, 0.1) is 4.91 Å². The van der Waals surface area contributed by atoms with Crippen LogP contribution in [-0.2, 0) is 11.3 Å². The van der Waals surface area contributed by atoms with Crippen molar-refractivity contribution in [3.8, 4) is 11.3 Å². The summed E-state index contributed by atoms with van der Waals surface area (Å²) in [5, 5.41) is 6.84. The van der Waals surface area contributed by atoms with Crippen molar-refractivity contribution in [2.24, 2.45) is 5.18 Å². The van der Waals surface area contributed by atoms with Crippen LogP contribution in [0.2, 0.25) is 0 Å². The SMILES string of the molecule is O=NC1C(=O)NCc2cccc3cc(-c4ccccc4)n1c23. The van der Waals surface area contributed by atoms with Gasteiger partial charge in [0.1, 0.15) is 0 Å². The van der Waals surface area contributed by atoms with Gasteiger partial charge in [-0.2, -0.15) is 0 Å². The molecule has 1 N–H and O–H groups in total. The number of carbonyl (C=O) groups is 1. The minimum Gasteiger partial charge on any atom is -0.348 e. The summed E-state index contributed by atoms with van der Waals surface area (Å²) in [6.45, 7) is 0.403. The number of rotatable bonds is 2. The maximum Gasteiger partial charge on any atom is 0.269 e. The van der Waals surface area contributed by atoms with Crippen molar-refractivity contribution in [2.75, 3.05) is 0 Å². The number of nitrogens with one attached hydrogen (secondary N) is 1. The summed E-state index contributed by atoms with van der Waals surface area (Å²) in [6, 6.07) is 17.6. The standard InChI is InChI=1S/C17H13N3O2/c21-17-16(19-22)20-14(11-5-2-1-3-6-11)9-12-7-4-8-13(10-18-17)15(12)20/h1-9,16H,10H2,(H,18,21). The van der Waals surface area contributed by atoms with Crippen LogP contribution in [0.5, 0.6) is 0 Å². The van der Waals surface area contributed by atoms with E-state index in [1.807, 2.05) is 54.6 Å². The zero-order chi connectivity index (χ0) is 15.1. The summed E-state index contributed by atoms with van der Waals surface area (Å²) in [4.78, 5) is 23.5. The van der Waals surface area contributed by atoms with Crippen LogP contribution in [0.1, 0.15) is 11.7 Å². The van der Waals surface area contributed by atoms with Gasteiger partial charge in [-0.1, -0.05) is 48.5 Å². The number of amides is 1. The highest BCUT2D eigenvalue weighted by Crippen LogP contribution is 2.35. The van der Waals surface area contributed by atoms with Gasteiger partial charge in [0.15, 0.2) is 0 Å². The van der Waals surface area contributed by atoms with E-state index in [0.717, 1.165) is 27.7 Å². The fourth-order valence-corrected chi connectivity index (χ4v) is 3.07. The van der Waals surface area contributed by atoms with Crippen LogP contribution in [0.25, 0.3) is 22.2 Å². The summed E-state index contributed by atoms with van der Waals surface area (Å²) in [6.07, 6.45) is -1.09. The fourth-order valence-electron chi connectivity index (χ4n) is 3.07. The molecule has 0 spiro atoms. The predicted molar refractivity (Wildman–Crippen MR) is 84.1 cm³/mol. The lowest BCUT2D eigenvalue weighted by Crippen LogP contribution is -2.28. The average Bonchev–Trinajstić information content (AvgIpc) is 2.87. The van der Waals surface area contributed by atoms with Crippen LogP contribution in [0.3, 0.4) is 0 Å². The summed E-state index contributed by atoms with van der Waals surface area (Å²) in [5.41, 5.74) is 3.65. The Bertz CT molecular complexity index is 884. The first-order valence-electron chi connectivity index (χ1n) is 7.08. The van der Waals surface area contributed by atoms with Gasteiger partial charge in [-0.15, -0.1) is 4.91 Å². The molecule has 5 heteroatoms. The van der Waals surface area contributed by atoms with Gasteiger partial charge in [0, 0.05) is 11.9 Å². The zero-order valence-corrected chi connectivity index (χ0v) is 11.7. The van der Waals surface area contributed by atoms with Gasteiger partial charge in [-0.05, 0) is 22.4 Å². The summed E-state index contributed by atoms with van der Waals surface area (Å²) >= 11 is 0. The molecule has 0 bridgehead atoms. The zero-order valence-electron chi connectivity index (χ0n) is 11.7. The molecule has 2 heterocycles. The molecule has 5 nitrogen and oxygen atoms in total. The molecule has 3 aromatic rings. The van der Waals surface area contributed by atoms with Gasteiger partial charge in [-0.3, -0.25) is 4.79 Å². The van der Waals surface area contributed by atoms with Crippen molar-refractivity contribution in [1.29, 1.82) is 0 Å². The molecule has 0 fully saturated rings. The fraction of sp³-hybridized carbons (Fsp3) is 0.118. The Labute approximate surface area is 126 Å². The van der Waals surface area contributed by atoms with E-state index in [9.17, 15) is 9.70 Å². The number of carbonyl (C=O) groups excluding carboxylic acids is 1. The molecule has 0 saturated heterocycles. The number of aromatic nitrogens is 1. The lowest BCUT2D eigenvalue weighted by Gasteiger charge is -2.13. The molecule has 0 aliphatic carbocycles. The van der Waals surface area contributed by atoms with Crippen molar-refractivity contribution in [3.05, 3.63) is 65.1 Å². The van der Waals surface area contributed by atoms with Crippen LogP contribution >= 0.6 is 0 Å². The predicted octanol–water partition coefficient (Wildman–Crippen LogP) is 3.20. The van der Waals surface area contributed by atoms with Crippen molar-refractivity contribution < 1.29 is 4.79 Å². The van der Waals surface area contributed by atoms with Crippen molar-refractivity contribution in [3.63, 3.8) is 0 Å². The van der Waals surface area contributed by atoms with E-state index in [0.29, 0.717) is 6.54 Å². The van der Waals surface area contributed by atoms with Gasteiger partial charge in [-0.25, -0.2) is 0 Å². The number of nitroso groups, excluding NO2 is 1. The molecule has 0 radical (unpaired) electrons. The largest absolute Gasteiger partial charge is 0.348 e. The van der Waals surface area contributed by atoms with E-state index >= 15 is 0 Å². The maximum atomic E-state index is 12.2. The van der Waals surface area contributed by atoms with Crippen LogP contribution < -0.4 is 5.32 Å². The quantitative estimate of drug-likeness (QED) is 0.737. The first-order valence-corrected chi connectivity index (χ1v) is 7.08. The van der Waals surface area contributed by atoms with Gasteiger partial charge < -0.3 is 9.88 Å². The van der Waals surface area contributed by atoms with Crippen LogP contribution in [0.15, 0.2) is 59.8 Å². The Morgan fingerprint density at radius 3 is 2.68 bits per heavy atom. The molecule has 4 rings (SSSR count). The minimum atomic E-state index is -1.09. The molecule has 2 aromatic carbocycles. The third-order valence-electron chi connectivity index (χ3n) is 4.05. The highest BCUT2D eigenvalue weighted by atomic mass is 16.3. The van der Waals surface area contributed by atoms with Gasteiger partial charge >= 0.3 is 0 Å². The highest BCUT2D eigenvalue weighted by molar-refractivity contribution is 5.94. The van der Waals surface area contributed by atoms with Gasteiger partial charge in [0.2, 0.25) is 6.17 Å². The molecule has 1 unspecified atom stereocenters. The number of nitrogens with zero attached hydrogens (tertiary/aromatic N) is 2. The van der Waals surface area contributed by atoms with Crippen molar-refractivity contribution in [2.45, 2.75) is 12.7 Å². The Kier molecular flexibility index (Phi) is 2.79. The maximum absolute atomic E-state index is 12.2. The Morgan fingerprint density at radius 2 is 1.91 bits per heavy atom. The third-order valence-corrected chi connectivity index (χ3v) is 4.05. The van der Waals surface area contributed by atoms with E-state index in [4.69, 9.17) is 0 Å². The normalized spacial score (nSPS) is 17.1. The van der Waals surface area contributed by atoms with E-state index in [-0.39, 0.29) is 5.91 Å². The van der Waals surface area contributed by atoms with E-state index < -0.39 is 6.17 Å². The summed E-state index contributed by atoms with van der Waals surface area (Å²) in [5.74, 6) is -0.374. The smallest absolute Gasteiger partial charge is 0.269 e. The Hall–Kier alpha value is -2.95. The number of para-hydroxylation sites is 1. The second-order valence-electron chi connectivity index (χ2n) is 5.32. The molecule has 1 aliphatic heterocycles. The molecular formula is C17H13N3O2. The lowest BCUT2D eigenvalue weighted by atomic mass is 10.1. The van der Waals surface area contributed by atoms with Crippen LogP contribution in [-0.4, -0.2) is 10.5 Å². The molecule has 1 amide bonds. The van der Waals surface area contributed by atoms with E-state index in [2.05, 4.69) is 10.5 Å². The Balaban J connectivity index is 2.11. The van der Waals surface area contributed by atoms with E-state index in [1.165, 1.54) is 0 Å². The second kappa shape index (κ2) is 4.80. The summed E-state index contributed by atoms with van der Waals surface area (Å²) < 4.78 is 1.75. The monoisotopic (exact) mass is 291 g/mol. The van der Waals surface area contributed by atoms with Gasteiger partial charge in [0.25, 0.3) is 5.91 Å². The molecule has 0 saturated carbocycles. The van der Waals surface area contributed by atoms with Crippen LogP contribution in [0.4, 0.5) is 0 Å².